The van der Waals surface area contributed by atoms with Crippen LogP contribution in [0.25, 0.3) is 0 Å². The van der Waals surface area contributed by atoms with E-state index in [1.165, 1.54) is 5.56 Å². The lowest BCUT2D eigenvalue weighted by Crippen LogP contribution is -2.15. The van der Waals surface area contributed by atoms with Gasteiger partial charge in [0.15, 0.2) is 0 Å². The number of nitrogens with one attached hydrogen (secondary N) is 1. The highest BCUT2D eigenvalue weighted by molar-refractivity contribution is 6.06. The van der Waals surface area contributed by atoms with E-state index in [0.29, 0.717) is 36.0 Å². The molecule has 0 fully saturated rings. The van der Waals surface area contributed by atoms with Crippen LogP contribution in [0.4, 0.5) is 5.69 Å². The molecule has 0 bridgehead atoms. The minimum absolute atomic E-state index is 0.206. The summed E-state index contributed by atoms with van der Waals surface area (Å²) in [6.07, 6.45) is 3.86. The Kier molecular flexibility index (Phi) is 8.34. The molecule has 3 aromatic carbocycles. The van der Waals surface area contributed by atoms with Crippen molar-refractivity contribution in [2.24, 2.45) is 0 Å². The first kappa shape index (κ1) is 21.4. The third-order valence-corrected chi connectivity index (χ3v) is 4.73. The van der Waals surface area contributed by atoms with Gasteiger partial charge in [0, 0.05) is 0 Å². The standard InChI is InChI=1S/C26H29NO3/c1-2-3-19-29-24-17-9-7-15-22(24)26(28)27-23-16-8-10-18-25(23)30-20-11-14-21-12-5-4-6-13-21/h4-10,12-13,15-18H,2-3,11,14,19-20H2,1H3,(H,27,28). The van der Waals surface area contributed by atoms with Crippen LogP contribution in [0.2, 0.25) is 0 Å². The second kappa shape index (κ2) is 11.7. The van der Waals surface area contributed by atoms with E-state index in [0.717, 1.165) is 25.7 Å². The van der Waals surface area contributed by atoms with Gasteiger partial charge in [0.05, 0.1) is 24.5 Å². The van der Waals surface area contributed by atoms with Crippen molar-refractivity contribution in [1.82, 2.24) is 0 Å². The van der Waals surface area contributed by atoms with Crippen molar-refractivity contribution in [1.29, 1.82) is 0 Å². The minimum Gasteiger partial charge on any atom is -0.493 e. The van der Waals surface area contributed by atoms with Crippen LogP contribution in [-0.2, 0) is 6.42 Å². The summed E-state index contributed by atoms with van der Waals surface area (Å²) in [5.41, 5.74) is 2.47. The van der Waals surface area contributed by atoms with E-state index in [9.17, 15) is 4.79 Å². The van der Waals surface area contributed by atoms with E-state index in [-0.39, 0.29) is 5.91 Å². The van der Waals surface area contributed by atoms with Crippen LogP contribution in [0.3, 0.4) is 0 Å². The predicted octanol–water partition coefficient (Wildman–Crippen LogP) is 6.13. The molecule has 0 aromatic heterocycles. The van der Waals surface area contributed by atoms with Crippen LogP contribution < -0.4 is 14.8 Å². The maximum atomic E-state index is 12.9. The number of anilines is 1. The highest BCUT2D eigenvalue weighted by Crippen LogP contribution is 2.26. The monoisotopic (exact) mass is 403 g/mol. The van der Waals surface area contributed by atoms with Crippen LogP contribution in [-0.4, -0.2) is 19.1 Å². The number of ether oxygens (including phenoxy) is 2. The molecule has 1 N–H and O–H groups in total. The Balaban J connectivity index is 1.60. The number of amides is 1. The first-order chi connectivity index (χ1) is 14.8. The number of benzene rings is 3. The molecule has 0 atom stereocenters. The molecule has 0 saturated heterocycles. The molecule has 1 amide bonds. The normalized spacial score (nSPS) is 10.4. The highest BCUT2D eigenvalue weighted by atomic mass is 16.5. The number of hydrogen-bond acceptors (Lipinski definition) is 3. The van der Waals surface area contributed by atoms with Gasteiger partial charge < -0.3 is 14.8 Å². The van der Waals surface area contributed by atoms with Crippen LogP contribution in [0, 0.1) is 0 Å². The van der Waals surface area contributed by atoms with Crippen molar-refractivity contribution in [3.05, 3.63) is 90.0 Å². The van der Waals surface area contributed by atoms with Crippen molar-refractivity contribution in [2.45, 2.75) is 32.6 Å². The number of aryl methyl sites for hydroxylation is 1. The molecule has 3 aromatic rings. The van der Waals surface area contributed by atoms with Gasteiger partial charge in [-0.15, -0.1) is 0 Å². The van der Waals surface area contributed by atoms with Crippen LogP contribution in [0.1, 0.15) is 42.1 Å². The Labute approximate surface area is 178 Å². The maximum absolute atomic E-state index is 12.9. The third kappa shape index (κ3) is 6.38. The summed E-state index contributed by atoms with van der Waals surface area (Å²) in [5.74, 6) is 1.07. The summed E-state index contributed by atoms with van der Waals surface area (Å²) in [6.45, 7) is 3.29. The van der Waals surface area contributed by atoms with E-state index >= 15 is 0 Å². The molecular formula is C26H29NO3. The van der Waals surface area contributed by atoms with Crippen molar-refractivity contribution in [3.8, 4) is 11.5 Å². The summed E-state index contributed by atoms with van der Waals surface area (Å²) < 4.78 is 11.8. The summed E-state index contributed by atoms with van der Waals surface area (Å²) in [4.78, 5) is 12.9. The van der Waals surface area contributed by atoms with Gasteiger partial charge in [0.1, 0.15) is 11.5 Å². The Hall–Kier alpha value is -3.27. The molecule has 30 heavy (non-hydrogen) atoms. The second-order valence-corrected chi connectivity index (χ2v) is 7.09. The molecule has 0 spiro atoms. The van der Waals surface area contributed by atoms with Crippen molar-refractivity contribution in [3.63, 3.8) is 0 Å². The zero-order valence-electron chi connectivity index (χ0n) is 17.5. The molecular weight excluding hydrogens is 374 g/mol. The number of para-hydroxylation sites is 3. The fourth-order valence-corrected chi connectivity index (χ4v) is 3.10. The lowest BCUT2D eigenvalue weighted by molar-refractivity contribution is 0.102. The molecule has 0 saturated carbocycles. The van der Waals surface area contributed by atoms with Crippen molar-refractivity contribution < 1.29 is 14.3 Å². The molecule has 3 rings (SSSR count). The molecule has 4 nitrogen and oxygen atoms in total. The predicted molar refractivity (Wildman–Crippen MR) is 121 cm³/mol. The highest BCUT2D eigenvalue weighted by Gasteiger charge is 2.14. The largest absolute Gasteiger partial charge is 0.493 e. The number of carbonyl (C=O) groups excluding carboxylic acids is 1. The SMILES string of the molecule is CCCCOc1ccccc1C(=O)Nc1ccccc1OCCCc1ccccc1. The molecule has 0 aliphatic heterocycles. The zero-order valence-corrected chi connectivity index (χ0v) is 17.5. The minimum atomic E-state index is -0.206. The Bertz CT molecular complexity index is 924. The molecule has 0 heterocycles. The number of carbonyl (C=O) groups is 1. The van der Waals surface area contributed by atoms with Crippen LogP contribution in [0.5, 0.6) is 11.5 Å². The number of unbranched alkanes of at least 4 members (excludes halogenated alkanes) is 1. The molecule has 0 radical (unpaired) electrons. The van der Waals surface area contributed by atoms with Gasteiger partial charge in [0.2, 0.25) is 0 Å². The van der Waals surface area contributed by atoms with Gasteiger partial charge in [-0.2, -0.15) is 0 Å². The van der Waals surface area contributed by atoms with Gasteiger partial charge >= 0.3 is 0 Å². The fourth-order valence-electron chi connectivity index (χ4n) is 3.10. The van der Waals surface area contributed by atoms with Gasteiger partial charge in [-0.3, -0.25) is 4.79 Å². The average molecular weight is 404 g/mol. The molecule has 0 aliphatic carbocycles. The van der Waals surface area contributed by atoms with Crippen molar-refractivity contribution in [2.75, 3.05) is 18.5 Å². The molecule has 4 heteroatoms. The Morgan fingerprint density at radius 1 is 0.767 bits per heavy atom. The lowest BCUT2D eigenvalue weighted by Gasteiger charge is -2.14. The summed E-state index contributed by atoms with van der Waals surface area (Å²) in [7, 11) is 0. The quantitative estimate of drug-likeness (QED) is 0.392. The zero-order chi connectivity index (χ0) is 21.0. The third-order valence-electron chi connectivity index (χ3n) is 4.73. The Morgan fingerprint density at radius 2 is 1.40 bits per heavy atom. The fraction of sp³-hybridized carbons (Fsp3) is 0.269. The van der Waals surface area contributed by atoms with Gasteiger partial charge in [-0.1, -0.05) is 67.9 Å². The smallest absolute Gasteiger partial charge is 0.259 e. The van der Waals surface area contributed by atoms with Crippen molar-refractivity contribution >= 4 is 11.6 Å². The summed E-state index contributed by atoms with van der Waals surface area (Å²) in [5, 5.41) is 2.97. The first-order valence-electron chi connectivity index (χ1n) is 10.6. The lowest BCUT2D eigenvalue weighted by atomic mass is 10.1. The van der Waals surface area contributed by atoms with Gasteiger partial charge in [-0.25, -0.2) is 0 Å². The van der Waals surface area contributed by atoms with E-state index in [2.05, 4.69) is 24.4 Å². The van der Waals surface area contributed by atoms with E-state index in [4.69, 9.17) is 9.47 Å². The molecule has 0 unspecified atom stereocenters. The summed E-state index contributed by atoms with van der Waals surface area (Å²) in [6, 6.07) is 25.2. The van der Waals surface area contributed by atoms with E-state index in [1.54, 1.807) is 6.07 Å². The van der Waals surface area contributed by atoms with E-state index < -0.39 is 0 Å². The second-order valence-electron chi connectivity index (χ2n) is 7.09. The average Bonchev–Trinajstić information content (AvgIpc) is 2.79. The Morgan fingerprint density at radius 3 is 2.20 bits per heavy atom. The number of hydrogen-bond donors (Lipinski definition) is 1. The van der Waals surface area contributed by atoms with Crippen LogP contribution in [0.15, 0.2) is 78.9 Å². The van der Waals surface area contributed by atoms with Crippen LogP contribution >= 0.6 is 0 Å². The van der Waals surface area contributed by atoms with Gasteiger partial charge in [0.25, 0.3) is 5.91 Å². The summed E-state index contributed by atoms with van der Waals surface area (Å²) >= 11 is 0. The van der Waals surface area contributed by atoms with Gasteiger partial charge in [-0.05, 0) is 49.1 Å². The van der Waals surface area contributed by atoms with E-state index in [1.807, 2.05) is 60.7 Å². The maximum Gasteiger partial charge on any atom is 0.259 e. The first-order valence-corrected chi connectivity index (χ1v) is 10.6. The molecule has 0 aliphatic rings. The number of rotatable bonds is 11. The topological polar surface area (TPSA) is 47.6 Å². The molecule has 156 valence electrons.